The second kappa shape index (κ2) is 6.79. The highest BCUT2D eigenvalue weighted by Gasteiger charge is 2.12. The molecule has 0 aliphatic heterocycles. The average molecular weight is 348 g/mol. The van der Waals surface area contributed by atoms with Gasteiger partial charge in [0.2, 0.25) is 17.6 Å². The summed E-state index contributed by atoms with van der Waals surface area (Å²) in [5.74, 6) is 0.967. The average Bonchev–Trinajstić information content (AvgIpc) is 3.27. The standard InChI is InChI=1S/C19H16N4O3/c1-12-21-19(23-25-12)14-8-6-13(7-9-14)11-20-18(24)10-16-15-4-2-3-5-17(15)26-22-16/h2-9H,10-11H2,1H3,(H,20,24). The van der Waals surface area contributed by atoms with Crippen LogP contribution in [0.4, 0.5) is 0 Å². The molecule has 4 rings (SSSR count). The molecule has 0 aliphatic rings. The summed E-state index contributed by atoms with van der Waals surface area (Å²) < 4.78 is 10.2. The Hall–Kier alpha value is -3.48. The van der Waals surface area contributed by atoms with E-state index in [0.717, 1.165) is 16.5 Å². The van der Waals surface area contributed by atoms with Crippen molar-refractivity contribution >= 4 is 16.9 Å². The van der Waals surface area contributed by atoms with Gasteiger partial charge < -0.3 is 14.4 Å². The molecule has 0 aliphatic carbocycles. The summed E-state index contributed by atoms with van der Waals surface area (Å²) in [6.07, 6.45) is 0.178. The number of hydrogen-bond acceptors (Lipinski definition) is 6. The molecule has 2 heterocycles. The molecule has 0 spiro atoms. The Bertz CT molecular complexity index is 1050. The smallest absolute Gasteiger partial charge is 0.226 e. The number of nitrogens with zero attached hydrogens (tertiary/aromatic N) is 3. The number of para-hydroxylation sites is 1. The lowest BCUT2D eigenvalue weighted by Gasteiger charge is -2.05. The van der Waals surface area contributed by atoms with E-state index >= 15 is 0 Å². The monoisotopic (exact) mass is 348 g/mol. The van der Waals surface area contributed by atoms with Gasteiger partial charge in [-0.3, -0.25) is 4.79 Å². The highest BCUT2D eigenvalue weighted by atomic mass is 16.5. The first-order chi connectivity index (χ1) is 12.7. The van der Waals surface area contributed by atoms with Crippen LogP contribution in [0.15, 0.2) is 57.6 Å². The Labute approximate surface area is 149 Å². The third-order valence-corrected chi connectivity index (χ3v) is 4.01. The minimum absolute atomic E-state index is 0.109. The van der Waals surface area contributed by atoms with Crippen molar-refractivity contribution in [1.29, 1.82) is 0 Å². The summed E-state index contributed by atoms with van der Waals surface area (Å²) in [6, 6.07) is 15.1. The highest BCUT2D eigenvalue weighted by molar-refractivity contribution is 5.86. The number of aryl methyl sites for hydroxylation is 1. The predicted molar refractivity (Wildman–Crippen MR) is 94.0 cm³/mol. The summed E-state index contributed by atoms with van der Waals surface area (Å²) in [4.78, 5) is 16.4. The first-order valence-corrected chi connectivity index (χ1v) is 8.18. The van der Waals surface area contributed by atoms with Gasteiger partial charge in [-0.15, -0.1) is 0 Å². The number of carbonyl (C=O) groups is 1. The number of carbonyl (C=O) groups excluding carboxylic acids is 1. The second-order valence-corrected chi connectivity index (χ2v) is 5.91. The van der Waals surface area contributed by atoms with Crippen molar-refractivity contribution in [3.8, 4) is 11.4 Å². The summed E-state index contributed by atoms with van der Waals surface area (Å²) in [7, 11) is 0. The van der Waals surface area contributed by atoms with Gasteiger partial charge in [-0.25, -0.2) is 0 Å². The number of fused-ring (bicyclic) bond motifs is 1. The first kappa shape index (κ1) is 16.0. The number of hydrogen-bond donors (Lipinski definition) is 1. The van der Waals surface area contributed by atoms with E-state index in [-0.39, 0.29) is 12.3 Å². The van der Waals surface area contributed by atoms with Gasteiger partial charge in [0.15, 0.2) is 5.58 Å². The molecule has 1 amide bonds. The van der Waals surface area contributed by atoms with Crippen molar-refractivity contribution in [2.24, 2.45) is 0 Å². The van der Waals surface area contributed by atoms with Crippen molar-refractivity contribution in [3.05, 3.63) is 65.7 Å². The predicted octanol–water partition coefficient (Wildman–Crippen LogP) is 3.05. The van der Waals surface area contributed by atoms with Crippen LogP contribution in [0.1, 0.15) is 17.1 Å². The van der Waals surface area contributed by atoms with E-state index in [0.29, 0.717) is 29.5 Å². The van der Waals surface area contributed by atoms with Gasteiger partial charge in [0.1, 0.15) is 5.69 Å². The molecular weight excluding hydrogens is 332 g/mol. The zero-order chi connectivity index (χ0) is 17.9. The van der Waals surface area contributed by atoms with Gasteiger partial charge in [-0.1, -0.05) is 46.7 Å². The zero-order valence-electron chi connectivity index (χ0n) is 14.1. The van der Waals surface area contributed by atoms with E-state index in [9.17, 15) is 4.79 Å². The normalized spacial score (nSPS) is 11.0. The molecule has 26 heavy (non-hydrogen) atoms. The lowest BCUT2D eigenvalue weighted by atomic mass is 10.1. The van der Waals surface area contributed by atoms with Gasteiger partial charge in [-0.05, 0) is 17.7 Å². The summed E-state index contributed by atoms with van der Waals surface area (Å²) in [6.45, 7) is 2.18. The van der Waals surface area contributed by atoms with E-state index in [1.807, 2.05) is 48.5 Å². The van der Waals surface area contributed by atoms with Crippen molar-refractivity contribution in [3.63, 3.8) is 0 Å². The fourth-order valence-corrected chi connectivity index (χ4v) is 2.67. The number of aromatic nitrogens is 3. The third kappa shape index (κ3) is 3.32. The van der Waals surface area contributed by atoms with E-state index in [1.54, 1.807) is 6.92 Å². The molecule has 130 valence electrons. The third-order valence-electron chi connectivity index (χ3n) is 4.01. The minimum Gasteiger partial charge on any atom is -0.356 e. The molecule has 0 radical (unpaired) electrons. The van der Waals surface area contributed by atoms with Crippen LogP contribution in [0, 0.1) is 6.92 Å². The fourth-order valence-electron chi connectivity index (χ4n) is 2.67. The Morgan fingerprint density at radius 2 is 1.85 bits per heavy atom. The quantitative estimate of drug-likeness (QED) is 0.596. The lowest BCUT2D eigenvalue weighted by molar-refractivity contribution is -0.120. The maximum atomic E-state index is 12.2. The number of benzene rings is 2. The van der Waals surface area contributed by atoms with Crippen LogP contribution >= 0.6 is 0 Å². The van der Waals surface area contributed by atoms with Crippen LogP contribution in [0.2, 0.25) is 0 Å². The molecule has 2 aromatic heterocycles. The van der Waals surface area contributed by atoms with Crippen molar-refractivity contribution in [2.45, 2.75) is 19.9 Å². The molecule has 4 aromatic rings. The maximum Gasteiger partial charge on any atom is 0.226 e. The first-order valence-electron chi connectivity index (χ1n) is 8.18. The largest absolute Gasteiger partial charge is 0.356 e. The van der Waals surface area contributed by atoms with E-state index < -0.39 is 0 Å². The Kier molecular flexibility index (Phi) is 4.18. The van der Waals surface area contributed by atoms with Gasteiger partial charge in [-0.2, -0.15) is 4.98 Å². The summed E-state index contributed by atoms with van der Waals surface area (Å²) >= 11 is 0. The molecule has 1 N–H and O–H groups in total. The van der Waals surface area contributed by atoms with Crippen LogP contribution in [0.25, 0.3) is 22.4 Å². The van der Waals surface area contributed by atoms with Crippen LogP contribution in [-0.2, 0) is 17.8 Å². The summed E-state index contributed by atoms with van der Waals surface area (Å²) in [5, 5.41) is 11.6. The van der Waals surface area contributed by atoms with Crippen LogP contribution < -0.4 is 5.32 Å². The molecule has 7 nitrogen and oxygen atoms in total. The van der Waals surface area contributed by atoms with E-state index in [2.05, 4.69) is 20.6 Å². The molecule has 0 unspecified atom stereocenters. The molecule has 0 saturated carbocycles. The zero-order valence-corrected chi connectivity index (χ0v) is 14.1. The van der Waals surface area contributed by atoms with E-state index in [1.165, 1.54) is 0 Å². The second-order valence-electron chi connectivity index (χ2n) is 5.91. The van der Waals surface area contributed by atoms with Gasteiger partial charge in [0.05, 0.1) is 6.42 Å². The van der Waals surface area contributed by atoms with Gasteiger partial charge in [0.25, 0.3) is 0 Å². The molecule has 0 atom stereocenters. The van der Waals surface area contributed by atoms with Crippen molar-refractivity contribution in [2.75, 3.05) is 0 Å². The van der Waals surface area contributed by atoms with Crippen molar-refractivity contribution in [1.82, 2.24) is 20.6 Å². The Morgan fingerprint density at radius 3 is 2.62 bits per heavy atom. The number of nitrogens with one attached hydrogen (secondary N) is 1. The molecule has 7 heteroatoms. The van der Waals surface area contributed by atoms with Crippen LogP contribution in [0.5, 0.6) is 0 Å². The number of amides is 1. The maximum absolute atomic E-state index is 12.2. The minimum atomic E-state index is -0.109. The lowest BCUT2D eigenvalue weighted by Crippen LogP contribution is -2.24. The SMILES string of the molecule is Cc1nc(-c2ccc(CNC(=O)Cc3noc4ccccc34)cc2)no1. The van der Waals surface area contributed by atoms with Gasteiger partial charge in [0, 0.05) is 24.4 Å². The number of rotatable bonds is 5. The molecule has 0 fully saturated rings. The van der Waals surface area contributed by atoms with Crippen molar-refractivity contribution < 1.29 is 13.8 Å². The Morgan fingerprint density at radius 1 is 1.04 bits per heavy atom. The van der Waals surface area contributed by atoms with E-state index in [4.69, 9.17) is 9.05 Å². The molecule has 0 bridgehead atoms. The topological polar surface area (TPSA) is 94.1 Å². The summed E-state index contributed by atoms with van der Waals surface area (Å²) in [5.41, 5.74) is 3.17. The Balaban J connectivity index is 1.37. The van der Waals surface area contributed by atoms with Crippen LogP contribution in [0.3, 0.4) is 0 Å². The van der Waals surface area contributed by atoms with Crippen LogP contribution in [-0.4, -0.2) is 21.2 Å². The fraction of sp³-hybridized carbons (Fsp3) is 0.158. The van der Waals surface area contributed by atoms with Gasteiger partial charge >= 0.3 is 0 Å². The molecule has 2 aromatic carbocycles. The highest BCUT2D eigenvalue weighted by Crippen LogP contribution is 2.18. The molecule has 0 saturated heterocycles. The molecular formula is C19H16N4O3.